The van der Waals surface area contributed by atoms with E-state index in [4.69, 9.17) is 5.73 Å². The van der Waals surface area contributed by atoms with Crippen molar-refractivity contribution in [2.75, 3.05) is 0 Å². The van der Waals surface area contributed by atoms with Crippen LogP contribution in [0.25, 0.3) is 0 Å². The summed E-state index contributed by atoms with van der Waals surface area (Å²) in [5.74, 6) is -1.11. The molecule has 0 aliphatic rings. The van der Waals surface area contributed by atoms with Crippen molar-refractivity contribution >= 4 is 17.7 Å². The van der Waals surface area contributed by atoms with E-state index in [1.165, 1.54) is 0 Å². The van der Waals surface area contributed by atoms with Gasteiger partial charge >= 0.3 is 0 Å². The van der Waals surface area contributed by atoms with Crippen LogP contribution in [0.4, 0.5) is 0 Å². The van der Waals surface area contributed by atoms with Crippen molar-refractivity contribution in [3.63, 3.8) is 0 Å². The fraction of sp³-hybridized carbons (Fsp3) is 0.769. The van der Waals surface area contributed by atoms with E-state index in [-0.39, 0.29) is 30.7 Å². The minimum atomic E-state index is -0.643. The Balaban J connectivity index is 4.66. The standard InChI is InChI=1S/C13H25N3O3/c1-8(2)15-12(19)11(13(3,4)5)16-10(18)7-6-9(14)17/h8,11H,6-7H2,1-5H3,(H2,14,17)(H,15,19)(H,16,18)/t11-/m1/s1. The Morgan fingerprint density at radius 3 is 1.95 bits per heavy atom. The van der Waals surface area contributed by atoms with E-state index in [0.717, 1.165) is 0 Å². The van der Waals surface area contributed by atoms with E-state index < -0.39 is 17.4 Å². The zero-order valence-electron chi connectivity index (χ0n) is 12.4. The first kappa shape index (κ1) is 17.4. The van der Waals surface area contributed by atoms with Crippen LogP contribution in [-0.2, 0) is 14.4 Å². The molecule has 6 nitrogen and oxygen atoms in total. The molecule has 0 radical (unpaired) electrons. The van der Waals surface area contributed by atoms with Gasteiger partial charge in [-0.2, -0.15) is 0 Å². The number of hydrogen-bond donors (Lipinski definition) is 3. The first-order valence-electron chi connectivity index (χ1n) is 6.42. The second kappa shape index (κ2) is 7.11. The van der Waals surface area contributed by atoms with Crippen molar-refractivity contribution in [2.45, 2.75) is 59.5 Å². The summed E-state index contributed by atoms with van der Waals surface area (Å²) < 4.78 is 0. The van der Waals surface area contributed by atoms with Crippen LogP contribution in [0.5, 0.6) is 0 Å². The molecule has 1 atom stereocenters. The van der Waals surface area contributed by atoms with Crippen molar-refractivity contribution < 1.29 is 14.4 Å². The highest BCUT2D eigenvalue weighted by atomic mass is 16.2. The van der Waals surface area contributed by atoms with Crippen LogP contribution in [0.1, 0.15) is 47.5 Å². The molecule has 3 amide bonds. The molecular formula is C13H25N3O3. The van der Waals surface area contributed by atoms with Gasteiger partial charge in [0.05, 0.1) is 0 Å². The first-order valence-corrected chi connectivity index (χ1v) is 6.42. The summed E-state index contributed by atoms with van der Waals surface area (Å²) in [5, 5.41) is 5.43. The lowest BCUT2D eigenvalue weighted by molar-refractivity contribution is -0.132. The molecule has 0 unspecified atom stereocenters. The van der Waals surface area contributed by atoms with E-state index in [0.29, 0.717) is 0 Å². The van der Waals surface area contributed by atoms with Gasteiger partial charge in [0.15, 0.2) is 0 Å². The topological polar surface area (TPSA) is 101 Å². The zero-order chi connectivity index (χ0) is 15.2. The second-order valence-electron chi connectivity index (χ2n) is 6.00. The molecule has 0 heterocycles. The van der Waals surface area contributed by atoms with Gasteiger partial charge in [-0.3, -0.25) is 14.4 Å². The van der Waals surface area contributed by atoms with Gasteiger partial charge in [-0.25, -0.2) is 0 Å². The maximum absolute atomic E-state index is 12.1. The molecule has 0 aliphatic heterocycles. The number of carbonyl (C=O) groups is 3. The molecule has 0 aromatic rings. The molecule has 6 heteroatoms. The summed E-state index contributed by atoms with van der Waals surface area (Å²) in [4.78, 5) is 34.4. The van der Waals surface area contributed by atoms with Crippen LogP contribution in [-0.4, -0.2) is 29.8 Å². The number of nitrogens with one attached hydrogen (secondary N) is 2. The van der Waals surface area contributed by atoms with Gasteiger partial charge in [-0.05, 0) is 19.3 Å². The molecule has 0 aromatic heterocycles. The van der Waals surface area contributed by atoms with Crippen molar-refractivity contribution in [3.8, 4) is 0 Å². The van der Waals surface area contributed by atoms with Gasteiger partial charge in [0.1, 0.15) is 6.04 Å². The molecule has 0 aliphatic carbocycles. The van der Waals surface area contributed by atoms with E-state index in [1.54, 1.807) is 0 Å². The lowest BCUT2D eigenvalue weighted by atomic mass is 9.86. The van der Waals surface area contributed by atoms with E-state index >= 15 is 0 Å². The average Bonchev–Trinajstić information content (AvgIpc) is 2.20. The van der Waals surface area contributed by atoms with E-state index in [1.807, 2.05) is 34.6 Å². The summed E-state index contributed by atoms with van der Waals surface area (Å²) >= 11 is 0. The largest absolute Gasteiger partial charge is 0.370 e. The minimum absolute atomic E-state index is 0.000119. The van der Waals surface area contributed by atoms with Crippen molar-refractivity contribution in [1.82, 2.24) is 10.6 Å². The molecule has 0 spiro atoms. The maximum Gasteiger partial charge on any atom is 0.243 e. The Morgan fingerprint density at radius 1 is 1.05 bits per heavy atom. The second-order valence-corrected chi connectivity index (χ2v) is 6.00. The van der Waals surface area contributed by atoms with Crippen LogP contribution < -0.4 is 16.4 Å². The van der Waals surface area contributed by atoms with E-state index in [9.17, 15) is 14.4 Å². The number of hydrogen-bond acceptors (Lipinski definition) is 3. The maximum atomic E-state index is 12.1. The predicted molar refractivity (Wildman–Crippen MR) is 73.1 cm³/mol. The van der Waals surface area contributed by atoms with Crippen molar-refractivity contribution in [1.29, 1.82) is 0 Å². The van der Waals surface area contributed by atoms with E-state index in [2.05, 4.69) is 10.6 Å². The SMILES string of the molecule is CC(C)NC(=O)[C@@H](NC(=O)CCC(N)=O)C(C)(C)C. The smallest absolute Gasteiger partial charge is 0.243 e. The fourth-order valence-electron chi connectivity index (χ4n) is 1.51. The number of nitrogens with two attached hydrogens (primary N) is 1. The van der Waals surface area contributed by atoms with Gasteiger partial charge < -0.3 is 16.4 Å². The summed E-state index contributed by atoms with van der Waals surface area (Å²) in [6.45, 7) is 9.31. The number of amides is 3. The molecule has 110 valence electrons. The lowest BCUT2D eigenvalue weighted by Crippen LogP contribution is -2.54. The highest BCUT2D eigenvalue weighted by Crippen LogP contribution is 2.19. The van der Waals surface area contributed by atoms with Gasteiger partial charge in [-0.15, -0.1) is 0 Å². The first-order chi connectivity index (χ1) is 8.54. The predicted octanol–water partition coefficient (Wildman–Crippen LogP) is 0.307. The highest BCUT2D eigenvalue weighted by molar-refractivity contribution is 5.89. The molecule has 0 bridgehead atoms. The third-order valence-corrected chi connectivity index (χ3v) is 2.46. The normalized spacial score (nSPS) is 12.9. The summed E-state index contributed by atoms with van der Waals surface area (Å²) in [6.07, 6.45) is -0.0225. The fourth-order valence-corrected chi connectivity index (χ4v) is 1.51. The van der Waals surface area contributed by atoms with Crippen LogP contribution >= 0.6 is 0 Å². The Morgan fingerprint density at radius 2 is 1.58 bits per heavy atom. The summed E-state index contributed by atoms with van der Waals surface area (Å²) in [6, 6.07) is -0.643. The Kier molecular flexibility index (Phi) is 6.52. The Hall–Kier alpha value is -1.59. The summed E-state index contributed by atoms with van der Waals surface area (Å²) in [5.41, 5.74) is 4.57. The third kappa shape index (κ3) is 7.43. The molecule has 19 heavy (non-hydrogen) atoms. The molecular weight excluding hydrogens is 246 g/mol. The number of carbonyl (C=O) groups excluding carboxylic acids is 3. The summed E-state index contributed by atoms with van der Waals surface area (Å²) in [7, 11) is 0. The van der Waals surface area contributed by atoms with Gasteiger partial charge in [0.2, 0.25) is 17.7 Å². The van der Waals surface area contributed by atoms with Crippen LogP contribution in [0.15, 0.2) is 0 Å². The minimum Gasteiger partial charge on any atom is -0.370 e. The zero-order valence-corrected chi connectivity index (χ0v) is 12.4. The van der Waals surface area contributed by atoms with Gasteiger partial charge in [0, 0.05) is 18.9 Å². The van der Waals surface area contributed by atoms with Crippen molar-refractivity contribution in [3.05, 3.63) is 0 Å². The van der Waals surface area contributed by atoms with Crippen LogP contribution in [0.2, 0.25) is 0 Å². The van der Waals surface area contributed by atoms with Gasteiger partial charge in [0.25, 0.3) is 0 Å². The van der Waals surface area contributed by atoms with Crippen molar-refractivity contribution in [2.24, 2.45) is 11.1 Å². The van der Waals surface area contributed by atoms with Gasteiger partial charge in [-0.1, -0.05) is 20.8 Å². The lowest BCUT2D eigenvalue weighted by Gasteiger charge is -2.31. The van der Waals surface area contributed by atoms with Crippen LogP contribution in [0.3, 0.4) is 0 Å². The number of rotatable bonds is 6. The monoisotopic (exact) mass is 271 g/mol. The quantitative estimate of drug-likeness (QED) is 0.648. The molecule has 4 N–H and O–H groups in total. The molecule has 0 saturated heterocycles. The Labute approximate surface area is 114 Å². The Bertz CT molecular complexity index is 346. The number of primary amides is 1. The molecule has 0 fully saturated rings. The highest BCUT2D eigenvalue weighted by Gasteiger charge is 2.32. The molecule has 0 aromatic carbocycles. The molecule has 0 saturated carbocycles. The third-order valence-electron chi connectivity index (χ3n) is 2.46. The average molecular weight is 271 g/mol. The van der Waals surface area contributed by atoms with Crippen LogP contribution in [0, 0.1) is 5.41 Å². The molecule has 0 rings (SSSR count).